The molecule has 0 saturated carbocycles. The fraction of sp³-hybridized carbons (Fsp3) is 0.558. The van der Waals surface area contributed by atoms with E-state index in [1.165, 1.54) is 77.0 Å². The lowest BCUT2D eigenvalue weighted by molar-refractivity contribution is -0.253. The SMILES string of the molecule is CCCCCCCCN(CCCCCCCC)C[C@@H]1C[C@H](c2ccc(CO)cc2)O[C@H](c2ccc(CNC(=O)NCc3ccccc3)cc2)O1. The van der Waals surface area contributed by atoms with E-state index in [-0.39, 0.29) is 24.8 Å². The molecule has 1 saturated heterocycles. The Hall–Kier alpha value is -3.23. The number of hydrogen-bond acceptors (Lipinski definition) is 5. The van der Waals surface area contributed by atoms with Crippen LogP contribution in [0.5, 0.6) is 0 Å². The van der Waals surface area contributed by atoms with E-state index in [4.69, 9.17) is 9.47 Å². The van der Waals surface area contributed by atoms with E-state index in [9.17, 15) is 9.90 Å². The van der Waals surface area contributed by atoms with Crippen LogP contribution in [0, 0.1) is 0 Å². The zero-order chi connectivity index (χ0) is 35.2. The molecule has 3 aromatic rings. The third kappa shape index (κ3) is 14.6. The van der Waals surface area contributed by atoms with Gasteiger partial charge >= 0.3 is 6.03 Å². The van der Waals surface area contributed by atoms with Crippen LogP contribution in [0.15, 0.2) is 78.9 Å². The van der Waals surface area contributed by atoms with Crippen LogP contribution in [0.1, 0.15) is 138 Å². The summed E-state index contributed by atoms with van der Waals surface area (Å²) in [7, 11) is 0. The molecule has 7 nitrogen and oxygen atoms in total. The summed E-state index contributed by atoms with van der Waals surface area (Å²) < 4.78 is 13.4. The van der Waals surface area contributed by atoms with Gasteiger partial charge in [-0.15, -0.1) is 0 Å². The number of carbonyl (C=O) groups is 1. The second-order valence-corrected chi connectivity index (χ2v) is 13.9. The molecule has 2 amide bonds. The van der Waals surface area contributed by atoms with E-state index in [0.717, 1.165) is 53.9 Å². The van der Waals surface area contributed by atoms with Crippen molar-refractivity contribution in [1.82, 2.24) is 15.5 Å². The van der Waals surface area contributed by atoms with E-state index >= 15 is 0 Å². The molecule has 0 unspecified atom stereocenters. The zero-order valence-electron chi connectivity index (χ0n) is 30.8. The largest absolute Gasteiger partial charge is 0.392 e. The predicted octanol–water partition coefficient (Wildman–Crippen LogP) is 9.75. The van der Waals surface area contributed by atoms with Gasteiger partial charge in [0.2, 0.25) is 0 Å². The van der Waals surface area contributed by atoms with Crippen LogP contribution < -0.4 is 10.6 Å². The lowest BCUT2D eigenvalue weighted by Gasteiger charge is -2.38. The number of urea groups is 1. The van der Waals surface area contributed by atoms with E-state index in [2.05, 4.69) is 53.6 Å². The van der Waals surface area contributed by atoms with Gasteiger partial charge in [0.25, 0.3) is 0 Å². The number of hydrogen-bond donors (Lipinski definition) is 3. The number of aliphatic hydroxyl groups is 1. The highest BCUT2D eigenvalue weighted by molar-refractivity contribution is 5.73. The Morgan fingerprint density at radius 3 is 1.76 bits per heavy atom. The molecular formula is C43H63N3O4. The first-order valence-corrected chi connectivity index (χ1v) is 19.4. The van der Waals surface area contributed by atoms with Crippen LogP contribution >= 0.6 is 0 Å². The minimum absolute atomic E-state index is 0.0297. The second kappa shape index (κ2) is 23.3. The van der Waals surface area contributed by atoms with Gasteiger partial charge in [0.1, 0.15) is 0 Å². The monoisotopic (exact) mass is 685 g/mol. The van der Waals surface area contributed by atoms with Crippen molar-refractivity contribution in [3.05, 3.63) is 107 Å². The standard InChI is InChI=1S/C43H63N3O4/c1-3-5-7-9-11-16-28-46(29-17-12-10-8-6-4-2)33-40-30-41(38-24-22-37(34-47)23-25-38)50-42(49-40)39-26-20-36(21-27-39)32-45-43(48)44-31-35-18-14-13-15-19-35/h13-15,18-27,40-42,47H,3-12,16-17,28-34H2,1-2H3,(H2,44,45,48)/t40-,41+,42+/m0/s1. The number of nitrogens with one attached hydrogen (secondary N) is 2. The molecule has 0 bridgehead atoms. The van der Waals surface area contributed by atoms with Crippen molar-refractivity contribution in [2.45, 2.75) is 136 Å². The lowest BCUT2D eigenvalue weighted by Crippen LogP contribution is -2.40. The van der Waals surface area contributed by atoms with Crippen LogP contribution in [0.25, 0.3) is 0 Å². The molecule has 3 aromatic carbocycles. The number of carbonyl (C=O) groups excluding carboxylic acids is 1. The Labute approximate surface area is 302 Å². The van der Waals surface area contributed by atoms with Gasteiger partial charge in [0.05, 0.1) is 18.8 Å². The summed E-state index contributed by atoms with van der Waals surface area (Å²) in [6.07, 6.45) is 15.8. The molecular weight excluding hydrogens is 622 g/mol. The number of amides is 2. The van der Waals surface area contributed by atoms with Crippen LogP contribution in [0.4, 0.5) is 4.79 Å². The molecule has 1 aliphatic heterocycles. The maximum absolute atomic E-state index is 12.4. The van der Waals surface area contributed by atoms with Gasteiger partial charge < -0.3 is 30.1 Å². The topological polar surface area (TPSA) is 83.1 Å². The van der Waals surface area contributed by atoms with Crippen LogP contribution in [-0.2, 0) is 29.2 Å². The van der Waals surface area contributed by atoms with Gasteiger partial charge in [-0.3, -0.25) is 0 Å². The lowest BCUT2D eigenvalue weighted by atomic mass is 9.99. The average Bonchev–Trinajstić information content (AvgIpc) is 3.16. The first-order valence-electron chi connectivity index (χ1n) is 19.4. The summed E-state index contributed by atoms with van der Waals surface area (Å²) in [6.45, 7) is 8.63. The van der Waals surface area contributed by atoms with Gasteiger partial charge in [-0.05, 0) is 48.2 Å². The quantitative estimate of drug-likeness (QED) is 0.0866. The van der Waals surface area contributed by atoms with Crippen molar-refractivity contribution in [2.24, 2.45) is 0 Å². The smallest absolute Gasteiger partial charge is 0.315 e. The molecule has 4 rings (SSSR count). The van der Waals surface area contributed by atoms with Gasteiger partial charge in [0.15, 0.2) is 6.29 Å². The number of unbranched alkanes of at least 4 members (excludes halogenated alkanes) is 10. The highest BCUT2D eigenvalue weighted by Crippen LogP contribution is 2.38. The number of nitrogens with zero attached hydrogens (tertiary/aromatic N) is 1. The average molecular weight is 686 g/mol. The van der Waals surface area contributed by atoms with Crippen molar-refractivity contribution in [1.29, 1.82) is 0 Å². The molecule has 274 valence electrons. The maximum Gasteiger partial charge on any atom is 0.315 e. The van der Waals surface area contributed by atoms with Crippen molar-refractivity contribution in [3.8, 4) is 0 Å². The van der Waals surface area contributed by atoms with E-state index in [1.807, 2.05) is 54.6 Å². The van der Waals surface area contributed by atoms with E-state index in [1.54, 1.807) is 0 Å². The highest BCUT2D eigenvalue weighted by atomic mass is 16.7. The predicted molar refractivity (Wildman–Crippen MR) is 204 cm³/mol. The van der Waals surface area contributed by atoms with Gasteiger partial charge in [-0.1, -0.05) is 157 Å². The zero-order valence-corrected chi connectivity index (χ0v) is 30.8. The summed E-state index contributed by atoms with van der Waals surface area (Å²) >= 11 is 0. The third-order valence-electron chi connectivity index (χ3n) is 9.73. The molecule has 7 heteroatoms. The Balaban J connectivity index is 1.38. The normalized spacial score (nSPS) is 17.6. The molecule has 0 aliphatic carbocycles. The fourth-order valence-electron chi connectivity index (χ4n) is 6.66. The Morgan fingerprint density at radius 2 is 1.18 bits per heavy atom. The Kier molecular flexibility index (Phi) is 18.4. The highest BCUT2D eigenvalue weighted by Gasteiger charge is 2.33. The maximum atomic E-state index is 12.4. The summed E-state index contributed by atoms with van der Waals surface area (Å²) in [4.78, 5) is 15.1. The second-order valence-electron chi connectivity index (χ2n) is 13.9. The molecule has 1 aliphatic rings. The van der Waals surface area contributed by atoms with Crippen LogP contribution in [-0.4, -0.2) is 41.8 Å². The van der Waals surface area contributed by atoms with Crippen molar-refractivity contribution in [2.75, 3.05) is 19.6 Å². The molecule has 0 radical (unpaired) electrons. The molecule has 0 aromatic heterocycles. The third-order valence-corrected chi connectivity index (χ3v) is 9.73. The first kappa shape index (κ1) is 39.6. The van der Waals surface area contributed by atoms with Crippen molar-refractivity contribution < 1.29 is 19.4 Å². The molecule has 0 spiro atoms. The van der Waals surface area contributed by atoms with Crippen LogP contribution in [0.2, 0.25) is 0 Å². The molecule has 1 fully saturated rings. The van der Waals surface area contributed by atoms with Gasteiger partial charge in [-0.25, -0.2) is 4.79 Å². The summed E-state index contributed by atoms with van der Waals surface area (Å²) in [6, 6.07) is 26.0. The van der Waals surface area contributed by atoms with Crippen molar-refractivity contribution in [3.63, 3.8) is 0 Å². The number of aliphatic hydroxyl groups excluding tert-OH is 1. The summed E-state index contributed by atoms with van der Waals surface area (Å²) in [5, 5.41) is 15.5. The van der Waals surface area contributed by atoms with Gasteiger partial charge in [-0.2, -0.15) is 0 Å². The number of benzene rings is 3. The van der Waals surface area contributed by atoms with Crippen molar-refractivity contribution >= 4 is 6.03 Å². The fourth-order valence-corrected chi connectivity index (χ4v) is 6.66. The summed E-state index contributed by atoms with van der Waals surface area (Å²) in [5.41, 5.74) is 5.06. The molecule has 3 N–H and O–H groups in total. The Bertz CT molecular complexity index is 1300. The minimum atomic E-state index is -0.489. The first-order chi connectivity index (χ1) is 24.6. The van der Waals surface area contributed by atoms with Crippen LogP contribution in [0.3, 0.4) is 0 Å². The Morgan fingerprint density at radius 1 is 0.660 bits per heavy atom. The minimum Gasteiger partial charge on any atom is -0.392 e. The van der Waals surface area contributed by atoms with E-state index in [0.29, 0.717) is 13.1 Å². The number of rotatable bonds is 23. The molecule has 50 heavy (non-hydrogen) atoms. The number of ether oxygens (including phenoxy) is 2. The summed E-state index contributed by atoms with van der Waals surface area (Å²) in [5.74, 6) is 0. The molecule has 3 atom stereocenters. The molecule has 1 heterocycles. The van der Waals surface area contributed by atoms with E-state index < -0.39 is 6.29 Å². The van der Waals surface area contributed by atoms with Gasteiger partial charge in [0, 0.05) is 31.6 Å².